The van der Waals surface area contributed by atoms with Crippen LogP contribution < -0.4 is 10.2 Å². The fraction of sp³-hybridized carbons (Fsp3) is 0.0435. The predicted molar refractivity (Wildman–Crippen MR) is 109 cm³/mol. The third-order valence-electron chi connectivity index (χ3n) is 4.48. The first-order chi connectivity index (χ1) is 13.6. The fourth-order valence-electron chi connectivity index (χ4n) is 3.04. The number of hydrogen-bond donors (Lipinski definition) is 0. The number of fused-ring (bicyclic) bond motifs is 1. The number of halogens is 1. The van der Waals surface area contributed by atoms with E-state index in [0.29, 0.717) is 32.9 Å². The van der Waals surface area contributed by atoms with Crippen molar-refractivity contribution in [2.75, 3.05) is 7.11 Å². The van der Waals surface area contributed by atoms with Gasteiger partial charge in [0.25, 0.3) is 0 Å². The van der Waals surface area contributed by atoms with Gasteiger partial charge in [0, 0.05) is 16.1 Å². The normalized spacial score (nSPS) is 10.8. The molecule has 1 heterocycles. The number of methoxy groups -OCH3 is 1. The maximum atomic E-state index is 13.2. The molecular weight excluding hydrogens is 376 g/mol. The minimum Gasteiger partial charge on any atom is -0.497 e. The van der Waals surface area contributed by atoms with Crippen molar-refractivity contribution in [1.82, 2.24) is 0 Å². The molecule has 5 heteroatoms. The summed E-state index contributed by atoms with van der Waals surface area (Å²) in [6, 6.07) is 20.3. The van der Waals surface area contributed by atoms with Gasteiger partial charge in [0.15, 0.2) is 0 Å². The standard InChI is InChI=1S/C23H15ClO4/c1-27-17-12-8-15(9-13-17)23-20(21(25)14-6-10-16(24)11-7-14)22(26)18-4-2-3-5-19(18)28-23/h2-13H,1H3. The second-order valence-electron chi connectivity index (χ2n) is 6.20. The van der Waals surface area contributed by atoms with Crippen LogP contribution in [0.5, 0.6) is 5.75 Å². The van der Waals surface area contributed by atoms with Gasteiger partial charge in [-0.25, -0.2) is 0 Å². The zero-order valence-electron chi connectivity index (χ0n) is 14.9. The topological polar surface area (TPSA) is 56.5 Å². The number of rotatable bonds is 4. The highest BCUT2D eigenvalue weighted by atomic mass is 35.5. The molecule has 138 valence electrons. The molecule has 0 amide bonds. The first-order valence-corrected chi connectivity index (χ1v) is 8.97. The highest BCUT2D eigenvalue weighted by molar-refractivity contribution is 6.30. The van der Waals surface area contributed by atoms with Gasteiger partial charge in [-0.2, -0.15) is 0 Å². The Labute approximate surface area is 166 Å². The van der Waals surface area contributed by atoms with Crippen LogP contribution in [0.1, 0.15) is 15.9 Å². The first-order valence-electron chi connectivity index (χ1n) is 8.59. The van der Waals surface area contributed by atoms with Crippen molar-refractivity contribution in [3.8, 4) is 17.1 Å². The lowest BCUT2D eigenvalue weighted by molar-refractivity contribution is 0.103. The largest absolute Gasteiger partial charge is 0.497 e. The summed E-state index contributed by atoms with van der Waals surface area (Å²) in [4.78, 5) is 26.4. The van der Waals surface area contributed by atoms with Crippen LogP contribution in [0.3, 0.4) is 0 Å². The van der Waals surface area contributed by atoms with E-state index in [4.69, 9.17) is 20.8 Å². The minimum atomic E-state index is -0.415. The SMILES string of the molecule is COc1ccc(-c2oc3ccccc3c(=O)c2C(=O)c2ccc(Cl)cc2)cc1. The van der Waals surface area contributed by atoms with Gasteiger partial charge in [0.05, 0.1) is 12.5 Å². The minimum absolute atomic E-state index is 0.00816. The molecule has 0 saturated carbocycles. The monoisotopic (exact) mass is 390 g/mol. The molecule has 0 saturated heterocycles. The lowest BCUT2D eigenvalue weighted by Crippen LogP contribution is -2.18. The average molecular weight is 391 g/mol. The summed E-state index contributed by atoms with van der Waals surface area (Å²) < 4.78 is 11.2. The quantitative estimate of drug-likeness (QED) is 0.440. The molecule has 4 nitrogen and oxygen atoms in total. The van der Waals surface area contributed by atoms with Gasteiger partial charge in [-0.1, -0.05) is 23.7 Å². The number of carbonyl (C=O) groups excluding carboxylic acids is 1. The summed E-state index contributed by atoms with van der Waals surface area (Å²) >= 11 is 5.92. The molecule has 0 N–H and O–H groups in total. The van der Waals surface area contributed by atoms with E-state index in [-0.39, 0.29) is 16.8 Å². The van der Waals surface area contributed by atoms with Crippen LogP contribution in [0.15, 0.2) is 82.0 Å². The van der Waals surface area contributed by atoms with Gasteiger partial charge in [-0.05, 0) is 60.7 Å². The van der Waals surface area contributed by atoms with Crippen molar-refractivity contribution in [1.29, 1.82) is 0 Å². The van der Waals surface area contributed by atoms with Crippen LogP contribution in [0.25, 0.3) is 22.3 Å². The molecule has 0 atom stereocenters. The summed E-state index contributed by atoms with van der Waals surface area (Å²) in [5.74, 6) is 0.478. The molecule has 0 aliphatic rings. The van der Waals surface area contributed by atoms with E-state index in [9.17, 15) is 9.59 Å². The van der Waals surface area contributed by atoms with Crippen LogP contribution >= 0.6 is 11.6 Å². The number of benzene rings is 3. The summed E-state index contributed by atoms with van der Waals surface area (Å²) in [5.41, 5.74) is 1.02. The van der Waals surface area contributed by atoms with Crippen molar-refractivity contribution in [3.05, 3.63) is 99.2 Å². The summed E-state index contributed by atoms with van der Waals surface area (Å²) in [7, 11) is 1.57. The molecule has 0 spiro atoms. The molecule has 3 aromatic carbocycles. The second-order valence-corrected chi connectivity index (χ2v) is 6.63. The van der Waals surface area contributed by atoms with Gasteiger partial charge >= 0.3 is 0 Å². The molecular formula is C23H15ClO4. The van der Waals surface area contributed by atoms with E-state index in [1.54, 1.807) is 79.9 Å². The third kappa shape index (κ3) is 3.19. The Bertz CT molecular complexity index is 1220. The van der Waals surface area contributed by atoms with Gasteiger partial charge in [0.1, 0.15) is 22.7 Å². The van der Waals surface area contributed by atoms with Gasteiger partial charge < -0.3 is 9.15 Å². The molecule has 0 aliphatic heterocycles. The van der Waals surface area contributed by atoms with Crippen LogP contribution in [0.4, 0.5) is 0 Å². The van der Waals surface area contributed by atoms with E-state index in [1.165, 1.54) is 0 Å². The molecule has 0 radical (unpaired) electrons. The molecule has 1 aromatic heterocycles. The molecule has 4 aromatic rings. The Morgan fingerprint density at radius 2 is 1.61 bits per heavy atom. The highest BCUT2D eigenvalue weighted by Gasteiger charge is 2.23. The number of hydrogen-bond acceptors (Lipinski definition) is 4. The van der Waals surface area contributed by atoms with E-state index >= 15 is 0 Å². The smallest absolute Gasteiger partial charge is 0.204 e. The third-order valence-corrected chi connectivity index (χ3v) is 4.74. The van der Waals surface area contributed by atoms with Gasteiger partial charge in [-0.3, -0.25) is 9.59 Å². The first kappa shape index (κ1) is 18.0. The van der Waals surface area contributed by atoms with Gasteiger partial charge in [-0.15, -0.1) is 0 Å². The Balaban J connectivity index is 1.99. The zero-order chi connectivity index (χ0) is 19.7. The van der Waals surface area contributed by atoms with E-state index in [2.05, 4.69) is 0 Å². The van der Waals surface area contributed by atoms with E-state index < -0.39 is 5.78 Å². The number of ketones is 1. The fourth-order valence-corrected chi connectivity index (χ4v) is 3.17. The number of ether oxygens (including phenoxy) is 1. The maximum Gasteiger partial charge on any atom is 0.204 e. The van der Waals surface area contributed by atoms with Crippen LogP contribution in [0, 0.1) is 0 Å². The highest BCUT2D eigenvalue weighted by Crippen LogP contribution is 2.29. The van der Waals surface area contributed by atoms with Crippen molar-refractivity contribution in [3.63, 3.8) is 0 Å². The lowest BCUT2D eigenvalue weighted by Gasteiger charge is -2.10. The Hall–Kier alpha value is -3.37. The van der Waals surface area contributed by atoms with Crippen molar-refractivity contribution < 1.29 is 13.9 Å². The summed E-state index contributed by atoms with van der Waals surface area (Å²) in [6.45, 7) is 0. The molecule has 4 rings (SSSR count). The van der Waals surface area contributed by atoms with E-state index in [1.807, 2.05) is 0 Å². The number of carbonyl (C=O) groups is 1. The molecule has 0 aliphatic carbocycles. The van der Waals surface area contributed by atoms with Crippen LogP contribution in [-0.4, -0.2) is 12.9 Å². The number of para-hydroxylation sites is 1. The molecule has 0 unspecified atom stereocenters. The Morgan fingerprint density at radius 1 is 0.929 bits per heavy atom. The summed E-state index contributed by atoms with van der Waals surface area (Å²) in [5, 5.41) is 0.870. The van der Waals surface area contributed by atoms with Crippen molar-refractivity contribution in [2.24, 2.45) is 0 Å². The second kappa shape index (κ2) is 7.33. The lowest BCUT2D eigenvalue weighted by atomic mass is 9.97. The van der Waals surface area contributed by atoms with Crippen molar-refractivity contribution in [2.45, 2.75) is 0 Å². The zero-order valence-corrected chi connectivity index (χ0v) is 15.7. The van der Waals surface area contributed by atoms with Crippen molar-refractivity contribution >= 4 is 28.4 Å². The summed E-state index contributed by atoms with van der Waals surface area (Å²) in [6.07, 6.45) is 0. The Morgan fingerprint density at radius 3 is 2.29 bits per heavy atom. The predicted octanol–water partition coefficient (Wildman–Crippen LogP) is 5.35. The van der Waals surface area contributed by atoms with Crippen LogP contribution in [0.2, 0.25) is 5.02 Å². The average Bonchev–Trinajstić information content (AvgIpc) is 2.74. The van der Waals surface area contributed by atoms with Crippen LogP contribution in [-0.2, 0) is 0 Å². The maximum absolute atomic E-state index is 13.2. The Kier molecular flexibility index (Phi) is 4.72. The molecule has 28 heavy (non-hydrogen) atoms. The van der Waals surface area contributed by atoms with E-state index in [0.717, 1.165) is 0 Å². The van der Waals surface area contributed by atoms with Gasteiger partial charge in [0.2, 0.25) is 11.2 Å². The molecule has 0 bridgehead atoms. The molecule has 0 fully saturated rings.